The largest absolute Gasteiger partial charge is 0.487 e. The van der Waals surface area contributed by atoms with E-state index in [1.807, 2.05) is 0 Å². The number of ether oxygens (including phenoxy) is 2. The Bertz CT molecular complexity index is 1280. The molecule has 0 N–H and O–H groups in total. The number of aromatic nitrogens is 1. The average molecular weight is 527 g/mol. The van der Waals surface area contributed by atoms with Crippen molar-refractivity contribution < 1.29 is 27.1 Å². The molecule has 0 fully saturated rings. The first-order valence-electron chi connectivity index (χ1n) is 10.2. The zero-order chi connectivity index (χ0) is 25.0. The van der Waals surface area contributed by atoms with Gasteiger partial charge in [-0.05, 0) is 56.2 Å². The number of benzene rings is 2. The van der Waals surface area contributed by atoms with Crippen molar-refractivity contribution in [2.24, 2.45) is 0 Å². The molecular formula is C23H24ClFN2O5S2. The second-order valence-corrected chi connectivity index (χ2v) is 10.9. The molecule has 0 saturated carbocycles. The molecule has 3 aromatic rings. The lowest BCUT2D eigenvalue weighted by atomic mass is 10.1. The molecule has 7 nitrogen and oxygen atoms in total. The molecular weight excluding hydrogens is 503 g/mol. The molecule has 1 unspecified atom stereocenters. The van der Waals surface area contributed by atoms with Crippen LogP contribution in [0.15, 0.2) is 46.1 Å². The number of esters is 1. The van der Waals surface area contributed by atoms with Gasteiger partial charge >= 0.3 is 5.97 Å². The van der Waals surface area contributed by atoms with Crippen LogP contribution in [0.25, 0.3) is 0 Å². The van der Waals surface area contributed by atoms with Gasteiger partial charge in [0.05, 0.1) is 24.9 Å². The highest BCUT2D eigenvalue weighted by Gasteiger charge is 2.32. The highest BCUT2D eigenvalue weighted by atomic mass is 35.5. The van der Waals surface area contributed by atoms with E-state index >= 15 is 0 Å². The molecule has 1 aromatic heterocycles. The summed E-state index contributed by atoms with van der Waals surface area (Å²) < 4.78 is 52.4. The monoisotopic (exact) mass is 526 g/mol. The van der Waals surface area contributed by atoms with Gasteiger partial charge in [0.15, 0.2) is 0 Å². The molecule has 2 aromatic carbocycles. The quantitative estimate of drug-likeness (QED) is 0.350. The van der Waals surface area contributed by atoms with Crippen LogP contribution in [-0.4, -0.2) is 39.2 Å². The lowest BCUT2D eigenvalue weighted by Gasteiger charge is -2.26. The fourth-order valence-electron chi connectivity index (χ4n) is 3.07. The van der Waals surface area contributed by atoms with E-state index in [-0.39, 0.29) is 22.4 Å². The van der Waals surface area contributed by atoms with Crippen molar-refractivity contribution in [3.8, 4) is 5.75 Å². The van der Waals surface area contributed by atoms with Gasteiger partial charge in [-0.15, -0.1) is 11.3 Å². The summed E-state index contributed by atoms with van der Waals surface area (Å²) in [5.41, 5.74) is 2.44. The predicted octanol–water partition coefficient (Wildman–Crippen LogP) is 5.33. The number of sulfonamides is 1. The molecule has 0 aliphatic carbocycles. The minimum Gasteiger partial charge on any atom is -0.487 e. The Hall–Kier alpha value is -2.69. The van der Waals surface area contributed by atoms with E-state index in [4.69, 9.17) is 21.1 Å². The number of nitrogens with zero attached hydrogens (tertiary/aromatic N) is 2. The summed E-state index contributed by atoms with van der Waals surface area (Å²) in [5.74, 6) is -0.238. The Kier molecular flexibility index (Phi) is 8.17. The molecule has 1 atom stereocenters. The van der Waals surface area contributed by atoms with Crippen LogP contribution in [0.3, 0.4) is 0 Å². The van der Waals surface area contributed by atoms with Crippen molar-refractivity contribution in [3.05, 3.63) is 69.2 Å². The standard InChI is InChI=1S/C23H24ClFN2O5S2/c1-14-9-21(32-12-17-5-7-18(8-6-17)22(28)31-4)20(10-19(14)24)27(11-15(2)25)34(29,30)23-26-16(3)13-33-23/h5-10,13,15H,11-12H2,1-4H3. The summed E-state index contributed by atoms with van der Waals surface area (Å²) >= 11 is 7.28. The molecule has 0 aliphatic rings. The summed E-state index contributed by atoms with van der Waals surface area (Å²) in [6.07, 6.45) is -1.46. The first-order valence-corrected chi connectivity index (χ1v) is 12.9. The minimum atomic E-state index is -4.17. The minimum absolute atomic E-state index is 0.0744. The van der Waals surface area contributed by atoms with E-state index in [1.54, 1.807) is 49.6 Å². The molecule has 34 heavy (non-hydrogen) atoms. The molecule has 0 aliphatic heterocycles. The average Bonchev–Trinajstić information content (AvgIpc) is 3.25. The molecule has 0 spiro atoms. The number of carbonyl (C=O) groups is 1. The van der Waals surface area contributed by atoms with Crippen LogP contribution in [0, 0.1) is 13.8 Å². The summed E-state index contributed by atoms with van der Waals surface area (Å²) in [5, 5.41) is 1.92. The lowest BCUT2D eigenvalue weighted by molar-refractivity contribution is 0.0600. The summed E-state index contributed by atoms with van der Waals surface area (Å²) in [4.78, 5) is 15.7. The zero-order valence-corrected chi connectivity index (χ0v) is 21.4. The predicted molar refractivity (Wildman–Crippen MR) is 130 cm³/mol. The molecule has 11 heteroatoms. The smallest absolute Gasteiger partial charge is 0.337 e. The number of thiazole rings is 1. The van der Waals surface area contributed by atoms with E-state index in [1.165, 1.54) is 20.1 Å². The molecule has 182 valence electrons. The molecule has 0 bridgehead atoms. The van der Waals surface area contributed by atoms with Crippen LogP contribution in [-0.2, 0) is 21.4 Å². The third-order valence-electron chi connectivity index (χ3n) is 4.80. The molecule has 0 saturated heterocycles. The van der Waals surface area contributed by atoms with Gasteiger partial charge in [0.1, 0.15) is 18.5 Å². The maximum absolute atomic E-state index is 14.1. The lowest BCUT2D eigenvalue weighted by Crippen LogP contribution is -2.36. The van der Waals surface area contributed by atoms with Crippen molar-refractivity contribution in [3.63, 3.8) is 0 Å². The van der Waals surface area contributed by atoms with Gasteiger partial charge in [0, 0.05) is 16.1 Å². The van der Waals surface area contributed by atoms with Crippen molar-refractivity contribution in [1.82, 2.24) is 4.98 Å². The maximum atomic E-state index is 14.1. The molecule has 0 radical (unpaired) electrons. The molecule has 1 heterocycles. The molecule has 3 rings (SSSR count). The Morgan fingerprint density at radius 1 is 1.24 bits per heavy atom. The van der Waals surface area contributed by atoms with E-state index in [0.717, 1.165) is 21.2 Å². The normalized spacial score (nSPS) is 12.3. The first kappa shape index (κ1) is 25.9. The van der Waals surface area contributed by atoms with E-state index in [9.17, 15) is 17.6 Å². The zero-order valence-electron chi connectivity index (χ0n) is 19.0. The van der Waals surface area contributed by atoms with Crippen LogP contribution < -0.4 is 9.04 Å². The van der Waals surface area contributed by atoms with Gasteiger partial charge in [-0.3, -0.25) is 4.31 Å². The van der Waals surface area contributed by atoms with Gasteiger partial charge in [0.25, 0.3) is 10.0 Å². The van der Waals surface area contributed by atoms with Crippen LogP contribution in [0.5, 0.6) is 5.75 Å². The van der Waals surface area contributed by atoms with Crippen molar-refractivity contribution >= 4 is 44.6 Å². The fraction of sp³-hybridized carbons (Fsp3) is 0.304. The highest BCUT2D eigenvalue weighted by Crippen LogP contribution is 2.38. The van der Waals surface area contributed by atoms with Gasteiger partial charge < -0.3 is 9.47 Å². The summed E-state index contributed by atoms with van der Waals surface area (Å²) in [6, 6.07) is 9.66. The number of alkyl halides is 1. The first-order chi connectivity index (χ1) is 16.0. The Morgan fingerprint density at radius 2 is 1.91 bits per heavy atom. The van der Waals surface area contributed by atoms with E-state index < -0.39 is 28.7 Å². The number of carbonyl (C=O) groups excluding carboxylic acids is 1. The van der Waals surface area contributed by atoms with Crippen molar-refractivity contribution in [1.29, 1.82) is 0 Å². The maximum Gasteiger partial charge on any atom is 0.337 e. The van der Waals surface area contributed by atoms with Gasteiger partial charge in [-0.1, -0.05) is 23.7 Å². The SMILES string of the molecule is COC(=O)c1ccc(COc2cc(C)c(Cl)cc2N(CC(C)F)S(=O)(=O)c2nc(C)cs2)cc1. The number of anilines is 1. The van der Waals surface area contributed by atoms with Gasteiger partial charge in [-0.25, -0.2) is 14.2 Å². The van der Waals surface area contributed by atoms with Crippen molar-refractivity contribution in [2.45, 2.75) is 37.9 Å². The summed E-state index contributed by atoms with van der Waals surface area (Å²) in [6.45, 7) is 4.34. The van der Waals surface area contributed by atoms with Gasteiger partial charge in [-0.2, -0.15) is 8.42 Å². The Balaban J connectivity index is 1.99. The second kappa shape index (κ2) is 10.7. The van der Waals surface area contributed by atoms with Gasteiger partial charge in [0.2, 0.25) is 4.34 Å². The third-order valence-corrected chi connectivity index (χ3v) is 8.34. The van der Waals surface area contributed by atoms with Crippen LogP contribution in [0.4, 0.5) is 10.1 Å². The fourth-order valence-corrected chi connectivity index (χ4v) is 5.90. The number of rotatable bonds is 9. The van der Waals surface area contributed by atoms with Crippen molar-refractivity contribution in [2.75, 3.05) is 18.0 Å². The van der Waals surface area contributed by atoms with Crippen LogP contribution in [0.1, 0.15) is 34.1 Å². The second-order valence-electron chi connectivity index (χ2n) is 7.62. The van der Waals surface area contributed by atoms with Crippen LogP contribution in [0.2, 0.25) is 5.02 Å². The highest BCUT2D eigenvalue weighted by molar-refractivity contribution is 7.94. The number of halogens is 2. The third kappa shape index (κ3) is 5.86. The summed E-state index contributed by atoms with van der Waals surface area (Å²) in [7, 11) is -2.87. The number of methoxy groups -OCH3 is 1. The number of aryl methyl sites for hydroxylation is 2. The number of hydrogen-bond donors (Lipinski definition) is 0. The van der Waals surface area contributed by atoms with Crippen LogP contribution >= 0.6 is 22.9 Å². The van der Waals surface area contributed by atoms with E-state index in [0.29, 0.717) is 21.8 Å². The topological polar surface area (TPSA) is 85.8 Å². The van der Waals surface area contributed by atoms with E-state index in [2.05, 4.69) is 4.98 Å². The molecule has 0 amide bonds. The Morgan fingerprint density at radius 3 is 2.47 bits per heavy atom. The number of hydrogen-bond acceptors (Lipinski definition) is 7. The Labute approximate surface area is 207 Å².